The van der Waals surface area contributed by atoms with Crippen LogP contribution in [0.2, 0.25) is 25.7 Å². The van der Waals surface area contributed by atoms with Gasteiger partial charge in [-0.15, -0.1) is 0 Å². The van der Waals surface area contributed by atoms with E-state index >= 15 is 0 Å². The molecule has 0 aliphatic carbocycles. The van der Waals surface area contributed by atoms with E-state index in [1.54, 1.807) is 24.3 Å². The van der Waals surface area contributed by atoms with Gasteiger partial charge in [0.2, 0.25) is 0 Å². The van der Waals surface area contributed by atoms with E-state index in [0.717, 1.165) is 17.2 Å². The Balaban J connectivity index is 1.67. The number of rotatable bonds is 15. The first-order valence-corrected chi connectivity index (χ1v) is 21.0. The van der Waals surface area contributed by atoms with Crippen molar-refractivity contribution in [3.8, 4) is 0 Å². The summed E-state index contributed by atoms with van der Waals surface area (Å²) in [6.45, 7) is 16.0. The van der Waals surface area contributed by atoms with Crippen LogP contribution in [0.1, 0.15) is 52.6 Å². The van der Waals surface area contributed by atoms with Gasteiger partial charge in [0.05, 0.1) is 23.8 Å². The smallest absolute Gasteiger partial charge is 0.309 e. The van der Waals surface area contributed by atoms with E-state index < -0.39 is 27.2 Å². The molecule has 0 aromatic heterocycles. The molecule has 236 valence electrons. The van der Waals surface area contributed by atoms with Gasteiger partial charge >= 0.3 is 7.60 Å². The molecule has 0 N–H and O–H groups in total. The fourth-order valence-electron chi connectivity index (χ4n) is 5.69. The Kier molecular flexibility index (Phi) is 10.9. The van der Waals surface area contributed by atoms with E-state index in [1.165, 1.54) is 11.6 Å². The molecule has 1 aliphatic rings. The topological polar surface area (TPSA) is 76.1 Å². The zero-order valence-electron chi connectivity index (χ0n) is 27.2. The van der Waals surface area contributed by atoms with Crippen molar-refractivity contribution in [2.75, 3.05) is 19.8 Å². The zero-order valence-corrected chi connectivity index (χ0v) is 29.1. The second-order valence-corrected chi connectivity index (χ2v) is 21.4. The average molecular weight is 635 g/mol. The number of carbonyl (C=O) groups excluding carboxylic acids is 2. The molecule has 2 amide bonds. The minimum absolute atomic E-state index is 0.105. The van der Waals surface area contributed by atoms with Crippen molar-refractivity contribution in [1.29, 1.82) is 0 Å². The Hall–Kier alpha value is -2.87. The molecule has 1 aliphatic heterocycles. The first kappa shape index (κ1) is 34.0. The van der Waals surface area contributed by atoms with Crippen LogP contribution in [0.3, 0.4) is 0 Å². The van der Waals surface area contributed by atoms with Crippen molar-refractivity contribution >= 4 is 27.5 Å². The van der Waals surface area contributed by atoms with Crippen molar-refractivity contribution in [3.63, 3.8) is 0 Å². The standard InChI is InChI=1S/C35H47N2O5PSi/c1-27(36(24-28-16-10-8-11-17-28)25-29-18-12-9-13-19-29)32(42-43(4,40)41-22-23-44(5,6)7)35(2,3)26-37-33(38)30-20-14-15-21-31(30)34(37)39/h8-21,27,32H,22-26H2,1-7H3/t27-,32-,43?/m1/s1. The van der Waals surface area contributed by atoms with Crippen molar-refractivity contribution < 1.29 is 23.2 Å². The molecule has 7 nitrogen and oxygen atoms in total. The highest BCUT2D eigenvalue weighted by Gasteiger charge is 2.46. The lowest BCUT2D eigenvalue weighted by atomic mass is 9.81. The summed E-state index contributed by atoms with van der Waals surface area (Å²) in [5.74, 6) is -0.636. The molecule has 1 heterocycles. The molecule has 0 saturated carbocycles. The number of amides is 2. The first-order valence-electron chi connectivity index (χ1n) is 15.3. The molecular formula is C35H47N2O5PSi. The highest BCUT2D eigenvalue weighted by Crippen LogP contribution is 2.50. The number of fused-ring (bicyclic) bond motifs is 1. The quantitative estimate of drug-likeness (QED) is 0.0959. The van der Waals surface area contributed by atoms with Gasteiger partial charge in [0.25, 0.3) is 11.8 Å². The van der Waals surface area contributed by atoms with E-state index in [9.17, 15) is 14.2 Å². The number of hydrogen-bond acceptors (Lipinski definition) is 6. The van der Waals surface area contributed by atoms with Gasteiger partial charge in [0, 0.05) is 45.8 Å². The number of imide groups is 1. The molecule has 0 spiro atoms. The largest absolute Gasteiger partial charge is 0.327 e. The zero-order chi connectivity index (χ0) is 32.1. The van der Waals surface area contributed by atoms with Gasteiger partial charge in [-0.3, -0.25) is 24.0 Å². The van der Waals surface area contributed by atoms with Crippen molar-refractivity contribution in [1.82, 2.24) is 9.80 Å². The third-order valence-corrected chi connectivity index (χ3v) is 11.1. The molecule has 4 rings (SSSR count). The summed E-state index contributed by atoms with van der Waals surface area (Å²) >= 11 is 0. The third-order valence-electron chi connectivity index (χ3n) is 8.17. The van der Waals surface area contributed by atoms with E-state index in [1.807, 2.05) is 50.2 Å². The number of carbonyl (C=O) groups is 2. The summed E-state index contributed by atoms with van der Waals surface area (Å²) in [6.07, 6.45) is -0.651. The van der Waals surface area contributed by atoms with Crippen LogP contribution in [0.15, 0.2) is 84.9 Å². The van der Waals surface area contributed by atoms with Crippen molar-refractivity contribution in [2.24, 2.45) is 5.41 Å². The Morgan fingerprint density at radius 3 is 1.73 bits per heavy atom. The molecule has 44 heavy (non-hydrogen) atoms. The number of hydrogen-bond donors (Lipinski definition) is 0. The maximum atomic E-state index is 13.9. The van der Waals surface area contributed by atoms with Gasteiger partial charge < -0.3 is 9.05 Å². The van der Waals surface area contributed by atoms with Crippen molar-refractivity contribution in [3.05, 3.63) is 107 Å². The van der Waals surface area contributed by atoms with E-state index in [0.29, 0.717) is 30.8 Å². The molecule has 0 saturated heterocycles. The van der Waals surface area contributed by atoms with Gasteiger partial charge in [-0.1, -0.05) is 106 Å². The summed E-state index contributed by atoms with van der Waals surface area (Å²) in [4.78, 5) is 30.4. The molecular weight excluding hydrogens is 587 g/mol. The Morgan fingerprint density at radius 1 is 0.818 bits per heavy atom. The predicted octanol–water partition coefficient (Wildman–Crippen LogP) is 7.96. The lowest BCUT2D eigenvalue weighted by Gasteiger charge is -2.44. The Labute approximate surface area is 264 Å². The molecule has 9 heteroatoms. The highest BCUT2D eigenvalue weighted by atomic mass is 31.2. The van der Waals surface area contributed by atoms with Crippen LogP contribution in [-0.2, 0) is 26.7 Å². The maximum absolute atomic E-state index is 13.9. The van der Waals surface area contributed by atoms with Gasteiger partial charge in [-0.05, 0) is 36.2 Å². The monoisotopic (exact) mass is 634 g/mol. The fraction of sp³-hybridized carbons (Fsp3) is 0.429. The van der Waals surface area contributed by atoms with Crippen LogP contribution in [0, 0.1) is 5.41 Å². The van der Waals surface area contributed by atoms with E-state index in [4.69, 9.17) is 9.05 Å². The maximum Gasteiger partial charge on any atom is 0.327 e. The molecule has 3 aromatic carbocycles. The second-order valence-electron chi connectivity index (χ2n) is 13.8. The lowest BCUT2D eigenvalue weighted by Crippen LogP contribution is -2.53. The first-order chi connectivity index (χ1) is 20.7. The van der Waals surface area contributed by atoms with Crippen LogP contribution in [0.5, 0.6) is 0 Å². The normalized spacial score (nSPS) is 16.6. The van der Waals surface area contributed by atoms with Gasteiger partial charge in [-0.2, -0.15) is 0 Å². The number of nitrogens with zero attached hydrogens (tertiary/aromatic N) is 2. The van der Waals surface area contributed by atoms with Crippen LogP contribution < -0.4 is 0 Å². The van der Waals surface area contributed by atoms with Crippen LogP contribution in [-0.4, -0.2) is 61.7 Å². The second kappa shape index (κ2) is 14.0. The highest BCUT2D eigenvalue weighted by molar-refractivity contribution is 7.53. The van der Waals surface area contributed by atoms with E-state index in [2.05, 4.69) is 55.7 Å². The fourth-order valence-corrected chi connectivity index (χ4v) is 7.93. The molecule has 0 fully saturated rings. The van der Waals surface area contributed by atoms with Crippen molar-refractivity contribution in [2.45, 2.75) is 71.7 Å². The molecule has 0 radical (unpaired) electrons. The number of benzene rings is 3. The van der Waals surface area contributed by atoms with Crippen LogP contribution >= 0.6 is 7.60 Å². The predicted molar refractivity (Wildman–Crippen MR) is 180 cm³/mol. The third kappa shape index (κ3) is 8.86. The van der Waals surface area contributed by atoms with Crippen LogP contribution in [0.25, 0.3) is 0 Å². The van der Waals surface area contributed by atoms with Gasteiger partial charge in [0.15, 0.2) is 0 Å². The Morgan fingerprint density at radius 2 is 1.27 bits per heavy atom. The van der Waals surface area contributed by atoms with Gasteiger partial charge in [0.1, 0.15) is 0 Å². The van der Waals surface area contributed by atoms with Gasteiger partial charge in [-0.25, -0.2) is 0 Å². The minimum atomic E-state index is -3.52. The molecule has 3 aromatic rings. The van der Waals surface area contributed by atoms with Crippen LogP contribution in [0.4, 0.5) is 0 Å². The average Bonchev–Trinajstić information content (AvgIpc) is 3.20. The SMILES string of the molecule is C[C@H]([C@@H](OP(C)(=O)OCC[Si](C)(C)C)C(C)(C)CN1C(=O)c2ccccc2C1=O)N(Cc1ccccc1)Cc1ccccc1. The minimum Gasteiger partial charge on any atom is -0.309 e. The molecule has 0 bridgehead atoms. The summed E-state index contributed by atoms with van der Waals surface area (Å²) < 4.78 is 26.5. The Bertz CT molecular complexity index is 1400. The van der Waals surface area contributed by atoms with E-state index in [-0.39, 0.29) is 24.4 Å². The molecule has 3 atom stereocenters. The molecule has 1 unspecified atom stereocenters. The summed E-state index contributed by atoms with van der Waals surface area (Å²) in [7, 11) is -4.94. The summed E-state index contributed by atoms with van der Waals surface area (Å²) in [5.41, 5.74) is 2.30. The summed E-state index contributed by atoms with van der Waals surface area (Å²) in [6, 6.07) is 27.9. The summed E-state index contributed by atoms with van der Waals surface area (Å²) in [5, 5.41) is 0. The lowest BCUT2D eigenvalue weighted by molar-refractivity contribution is -0.0261.